The Hall–Kier alpha value is -3.17. The highest BCUT2D eigenvalue weighted by molar-refractivity contribution is 7.93. The number of pyridine rings is 1. The number of hydrogen-bond donors (Lipinski definition) is 1. The molecule has 0 bridgehead atoms. The molecule has 5 rings (SSSR count). The molecule has 1 fully saturated rings. The van der Waals surface area contributed by atoms with Crippen molar-refractivity contribution in [2.45, 2.75) is 11.4 Å². The third-order valence-electron chi connectivity index (χ3n) is 6.26. The third-order valence-corrected chi connectivity index (χ3v) is 8.11. The van der Waals surface area contributed by atoms with Gasteiger partial charge in [0.05, 0.1) is 5.52 Å². The van der Waals surface area contributed by atoms with Gasteiger partial charge in [-0.15, -0.1) is 0 Å². The van der Waals surface area contributed by atoms with Gasteiger partial charge in [-0.25, -0.2) is 8.42 Å². The molecule has 0 spiro atoms. The number of fused-ring (bicyclic) bond motifs is 1. The van der Waals surface area contributed by atoms with Crippen molar-refractivity contribution in [2.24, 2.45) is 0 Å². The smallest absolute Gasteiger partial charge is 0.264 e. The molecule has 10 heteroatoms. The molecule has 0 unspecified atom stereocenters. The molecule has 4 aromatic rings. The number of rotatable bonds is 6. The van der Waals surface area contributed by atoms with Gasteiger partial charge in [0.1, 0.15) is 4.90 Å². The van der Waals surface area contributed by atoms with Crippen LogP contribution in [0.15, 0.2) is 83.9 Å². The maximum Gasteiger partial charge on any atom is 0.264 e. The topological polar surface area (TPSA) is 82.6 Å². The number of nitrogens with one attached hydrogen (secondary N) is 1. The maximum atomic E-state index is 13.0. The molecule has 1 aromatic heterocycles. The van der Waals surface area contributed by atoms with E-state index in [1.165, 1.54) is 6.07 Å². The fraction of sp³-hybridized carbons (Fsp3) is 0.185. The van der Waals surface area contributed by atoms with Crippen LogP contribution >= 0.6 is 23.2 Å². The molecule has 0 atom stereocenters. The number of benzene rings is 3. The highest BCUT2D eigenvalue weighted by Gasteiger charge is 2.23. The van der Waals surface area contributed by atoms with Gasteiger partial charge in [0.15, 0.2) is 0 Å². The molecular weight excluding hydrogens is 531 g/mol. The molecule has 1 N–H and O–H groups in total. The van der Waals surface area contributed by atoms with Crippen LogP contribution in [0.25, 0.3) is 10.9 Å². The molecule has 3 aromatic carbocycles. The zero-order valence-corrected chi connectivity index (χ0v) is 22.1. The van der Waals surface area contributed by atoms with E-state index < -0.39 is 10.0 Å². The van der Waals surface area contributed by atoms with Gasteiger partial charge >= 0.3 is 0 Å². The van der Waals surface area contributed by atoms with Crippen molar-refractivity contribution in [1.82, 2.24) is 14.8 Å². The van der Waals surface area contributed by atoms with Gasteiger partial charge in [-0.05, 0) is 60.2 Å². The van der Waals surface area contributed by atoms with Crippen molar-refractivity contribution in [2.75, 3.05) is 30.9 Å². The lowest BCUT2D eigenvalue weighted by molar-refractivity contribution is 0.0628. The van der Waals surface area contributed by atoms with Crippen molar-refractivity contribution in [1.29, 1.82) is 0 Å². The monoisotopic (exact) mass is 554 g/mol. The highest BCUT2D eigenvalue weighted by atomic mass is 35.5. The number of nitrogens with zero attached hydrogens (tertiary/aromatic N) is 3. The minimum absolute atomic E-state index is 0.0851. The molecule has 7 nitrogen and oxygen atoms in total. The van der Waals surface area contributed by atoms with Gasteiger partial charge in [0, 0.05) is 65.6 Å². The van der Waals surface area contributed by atoms with Crippen LogP contribution in [-0.2, 0) is 16.6 Å². The zero-order valence-electron chi connectivity index (χ0n) is 19.8. The lowest BCUT2D eigenvalue weighted by Gasteiger charge is -2.34. The van der Waals surface area contributed by atoms with Gasteiger partial charge in [-0.1, -0.05) is 41.4 Å². The van der Waals surface area contributed by atoms with Crippen LogP contribution < -0.4 is 4.72 Å². The van der Waals surface area contributed by atoms with E-state index in [0.717, 1.165) is 24.0 Å². The number of carbonyl (C=O) groups is 1. The van der Waals surface area contributed by atoms with Crippen molar-refractivity contribution in [3.8, 4) is 0 Å². The summed E-state index contributed by atoms with van der Waals surface area (Å²) >= 11 is 12.2. The number of anilines is 1. The Balaban J connectivity index is 1.21. The number of para-hydroxylation sites is 1. The minimum Gasteiger partial charge on any atom is -0.336 e. The van der Waals surface area contributed by atoms with E-state index in [1.807, 2.05) is 29.2 Å². The lowest BCUT2D eigenvalue weighted by atomic mass is 10.1. The molecule has 0 aliphatic carbocycles. The van der Waals surface area contributed by atoms with E-state index in [-0.39, 0.29) is 10.8 Å². The first-order valence-corrected chi connectivity index (χ1v) is 14.0. The summed E-state index contributed by atoms with van der Waals surface area (Å²) in [6, 6.07) is 20.6. The first kappa shape index (κ1) is 25.5. The van der Waals surface area contributed by atoms with E-state index in [0.29, 0.717) is 46.4 Å². The van der Waals surface area contributed by atoms with E-state index in [4.69, 9.17) is 23.2 Å². The average molecular weight is 555 g/mol. The van der Waals surface area contributed by atoms with E-state index in [2.05, 4.69) is 14.6 Å². The van der Waals surface area contributed by atoms with Gasteiger partial charge in [0.2, 0.25) is 0 Å². The van der Waals surface area contributed by atoms with Crippen molar-refractivity contribution in [3.63, 3.8) is 0 Å². The molecule has 1 amide bonds. The van der Waals surface area contributed by atoms with Crippen molar-refractivity contribution in [3.05, 3.63) is 100 Å². The Morgan fingerprint density at radius 3 is 2.27 bits per heavy atom. The largest absolute Gasteiger partial charge is 0.336 e. The van der Waals surface area contributed by atoms with Crippen LogP contribution in [0.3, 0.4) is 0 Å². The molecule has 1 aliphatic rings. The Labute approximate surface area is 225 Å². The molecule has 0 radical (unpaired) electrons. The lowest BCUT2D eigenvalue weighted by Crippen LogP contribution is -2.48. The van der Waals surface area contributed by atoms with Gasteiger partial charge in [-0.2, -0.15) is 0 Å². The summed E-state index contributed by atoms with van der Waals surface area (Å²) in [6.45, 7) is 3.36. The summed E-state index contributed by atoms with van der Waals surface area (Å²) in [7, 11) is -3.86. The van der Waals surface area contributed by atoms with Crippen molar-refractivity contribution >= 4 is 55.7 Å². The van der Waals surface area contributed by atoms with E-state index in [1.54, 1.807) is 48.7 Å². The predicted octanol–water partition coefficient (Wildman–Crippen LogP) is 5.30. The SMILES string of the molecule is O=C(c1ccc(NS(=O)(=O)c2cccc3cccnc23)cc1)N1CCN(Cc2cc(Cl)cc(Cl)c2)CC1. The molecule has 1 aliphatic heterocycles. The zero-order chi connectivity index (χ0) is 26.0. The Bertz CT molecular complexity index is 1530. The number of piperazine rings is 1. The highest BCUT2D eigenvalue weighted by Crippen LogP contribution is 2.24. The summed E-state index contributed by atoms with van der Waals surface area (Å²) in [4.78, 5) is 21.4. The van der Waals surface area contributed by atoms with Crippen molar-refractivity contribution < 1.29 is 13.2 Å². The molecule has 2 heterocycles. The number of amides is 1. The Kier molecular flexibility index (Phi) is 7.35. The van der Waals surface area contributed by atoms with E-state index in [9.17, 15) is 13.2 Å². The summed E-state index contributed by atoms with van der Waals surface area (Å²) < 4.78 is 28.7. The standard InChI is InChI=1S/C27H24Cl2N4O3S/c28-22-15-19(16-23(29)17-22)18-32-11-13-33(14-12-32)27(34)21-6-8-24(9-7-21)31-37(35,36)25-5-1-3-20-4-2-10-30-26(20)25/h1-10,15-17,31H,11-14,18H2. The third kappa shape index (κ3) is 5.88. The van der Waals surface area contributed by atoms with Gasteiger partial charge in [0.25, 0.3) is 15.9 Å². The van der Waals surface area contributed by atoms with Crippen LogP contribution in [0.2, 0.25) is 10.0 Å². The second kappa shape index (κ2) is 10.7. The fourth-order valence-electron chi connectivity index (χ4n) is 4.44. The number of hydrogen-bond acceptors (Lipinski definition) is 5. The quantitative estimate of drug-likeness (QED) is 0.349. The summed E-state index contributed by atoms with van der Waals surface area (Å²) in [5.74, 6) is -0.0851. The molecular formula is C27H24Cl2N4O3S. The molecule has 37 heavy (non-hydrogen) atoms. The Morgan fingerprint density at radius 2 is 1.57 bits per heavy atom. The number of aromatic nitrogens is 1. The van der Waals surface area contributed by atoms with Gasteiger partial charge < -0.3 is 4.90 Å². The second-order valence-corrected chi connectivity index (χ2v) is 11.4. The van der Waals surface area contributed by atoms with Crippen LogP contribution in [0, 0.1) is 0 Å². The van der Waals surface area contributed by atoms with Crippen LogP contribution in [-0.4, -0.2) is 55.3 Å². The number of sulfonamides is 1. The summed E-state index contributed by atoms with van der Waals surface area (Å²) in [5, 5.41) is 1.95. The van der Waals surface area contributed by atoms with E-state index >= 15 is 0 Å². The molecule has 190 valence electrons. The van der Waals surface area contributed by atoms with Crippen LogP contribution in [0.1, 0.15) is 15.9 Å². The van der Waals surface area contributed by atoms with Crippen LogP contribution in [0.5, 0.6) is 0 Å². The van der Waals surface area contributed by atoms with Gasteiger partial charge in [-0.3, -0.25) is 19.4 Å². The average Bonchev–Trinajstić information content (AvgIpc) is 2.88. The molecule has 0 saturated carbocycles. The maximum absolute atomic E-state index is 13.0. The number of halogens is 2. The fourth-order valence-corrected chi connectivity index (χ4v) is 6.25. The summed E-state index contributed by atoms with van der Waals surface area (Å²) in [5.41, 5.74) is 2.32. The first-order chi connectivity index (χ1) is 17.8. The van der Waals surface area contributed by atoms with Crippen LogP contribution in [0.4, 0.5) is 5.69 Å². The molecule has 1 saturated heterocycles. The normalized spacial score (nSPS) is 14.6. The summed E-state index contributed by atoms with van der Waals surface area (Å²) in [6.07, 6.45) is 1.56. The predicted molar refractivity (Wildman–Crippen MR) is 147 cm³/mol. The number of carbonyl (C=O) groups excluding carboxylic acids is 1. The minimum atomic E-state index is -3.86. The Morgan fingerprint density at radius 1 is 0.892 bits per heavy atom. The second-order valence-electron chi connectivity index (χ2n) is 8.86. The first-order valence-electron chi connectivity index (χ1n) is 11.7.